The van der Waals surface area contributed by atoms with E-state index in [9.17, 15) is 45.6 Å². The molecular formula is C50H91NO13. The van der Waals surface area contributed by atoms with Crippen molar-refractivity contribution in [1.29, 1.82) is 0 Å². The van der Waals surface area contributed by atoms with Crippen LogP contribution in [-0.2, 0) is 23.7 Å². The minimum absolute atomic E-state index is 0.260. The van der Waals surface area contributed by atoms with Gasteiger partial charge in [-0.15, -0.1) is 0 Å². The van der Waals surface area contributed by atoms with Gasteiger partial charge in [0.1, 0.15) is 48.8 Å². The summed E-state index contributed by atoms with van der Waals surface area (Å²) in [4.78, 5) is 13.1. The molecule has 2 aliphatic rings. The van der Waals surface area contributed by atoms with Gasteiger partial charge in [-0.05, 0) is 57.8 Å². The smallest absolute Gasteiger partial charge is 0.220 e. The van der Waals surface area contributed by atoms with Gasteiger partial charge in [-0.2, -0.15) is 0 Å². The summed E-state index contributed by atoms with van der Waals surface area (Å²) in [5.74, 6) is -0.260. The van der Waals surface area contributed by atoms with E-state index in [4.69, 9.17) is 18.9 Å². The summed E-state index contributed by atoms with van der Waals surface area (Å²) in [6, 6.07) is -0.933. The Kier molecular flexibility index (Phi) is 33.9. The van der Waals surface area contributed by atoms with Crippen LogP contribution in [0.25, 0.3) is 0 Å². The van der Waals surface area contributed by atoms with E-state index in [1.165, 1.54) is 96.3 Å². The van der Waals surface area contributed by atoms with E-state index in [0.29, 0.717) is 12.8 Å². The van der Waals surface area contributed by atoms with E-state index in [-0.39, 0.29) is 18.9 Å². The minimum Gasteiger partial charge on any atom is -0.394 e. The van der Waals surface area contributed by atoms with Crippen molar-refractivity contribution < 1.29 is 64.6 Å². The maximum atomic E-state index is 13.1. The molecule has 0 aromatic carbocycles. The van der Waals surface area contributed by atoms with Gasteiger partial charge in [0.2, 0.25) is 5.91 Å². The highest BCUT2D eigenvalue weighted by atomic mass is 16.7. The molecule has 2 heterocycles. The molecule has 14 nitrogen and oxygen atoms in total. The van der Waals surface area contributed by atoms with Gasteiger partial charge >= 0.3 is 0 Å². The first-order valence-electron chi connectivity index (χ1n) is 25.2. The highest BCUT2D eigenvalue weighted by Gasteiger charge is 2.51. The number of hydrogen-bond acceptors (Lipinski definition) is 13. The van der Waals surface area contributed by atoms with Gasteiger partial charge in [0.15, 0.2) is 12.6 Å². The zero-order valence-electron chi connectivity index (χ0n) is 39.5. The maximum Gasteiger partial charge on any atom is 0.220 e. The van der Waals surface area contributed by atoms with E-state index in [2.05, 4.69) is 43.5 Å². The van der Waals surface area contributed by atoms with Gasteiger partial charge in [-0.3, -0.25) is 4.79 Å². The molecule has 0 aliphatic carbocycles. The number of carbonyl (C=O) groups excluding carboxylic acids is 1. The van der Waals surface area contributed by atoms with Crippen LogP contribution < -0.4 is 5.32 Å². The van der Waals surface area contributed by atoms with Crippen molar-refractivity contribution in [3.8, 4) is 0 Å². The van der Waals surface area contributed by atoms with E-state index in [1.807, 2.05) is 6.08 Å². The van der Waals surface area contributed by atoms with Crippen LogP contribution in [0.2, 0.25) is 0 Å². The van der Waals surface area contributed by atoms with E-state index in [0.717, 1.165) is 51.4 Å². The molecule has 64 heavy (non-hydrogen) atoms. The lowest BCUT2D eigenvalue weighted by molar-refractivity contribution is -0.359. The highest BCUT2D eigenvalue weighted by molar-refractivity contribution is 5.76. The second kappa shape index (κ2) is 37.2. The van der Waals surface area contributed by atoms with Gasteiger partial charge in [0, 0.05) is 6.42 Å². The number of hydrogen-bond donors (Lipinski definition) is 9. The largest absolute Gasteiger partial charge is 0.394 e. The molecule has 2 saturated heterocycles. The lowest BCUT2D eigenvalue weighted by Gasteiger charge is -2.46. The summed E-state index contributed by atoms with van der Waals surface area (Å²) >= 11 is 0. The van der Waals surface area contributed by atoms with E-state index < -0.39 is 86.8 Å². The lowest BCUT2D eigenvalue weighted by atomic mass is 9.97. The molecule has 0 spiro atoms. The molecule has 0 saturated carbocycles. The molecule has 12 atom stereocenters. The Bertz CT molecular complexity index is 1220. The van der Waals surface area contributed by atoms with Gasteiger partial charge in [-0.25, -0.2) is 0 Å². The standard InChI is InChI=1S/C50H91NO13/c1-3-5-7-9-11-13-15-17-19-20-21-23-25-27-29-31-33-39(54)38(51-42(55)34-32-30-28-26-24-22-18-16-14-12-10-8-6-4-2)37-61-49-47(60)45(58)48(41(36-53)63-49)64-50-46(59)44(57)43(56)40(35-52)62-50/h16,18,23,25,31,33,38-41,43-50,52-54,56-60H,3-15,17,19-22,24,26-30,32,34-37H2,1-2H3,(H,51,55)/b18-16-,25-23+,33-31+. The van der Waals surface area contributed by atoms with Crippen LogP contribution in [0.5, 0.6) is 0 Å². The number of aliphatic hydroxyl groups excluding tert-OH is 8. The number of allylic oxidation sites excluding steroid dienone is 5. The number of rotatable bonds is 38. The summed E-state index contributed by atoms with van der Waals surface area (Å²) in [5.41, 5.74) is 0. The highest BCUT2D eigenvalue weighted by Crippen LogP contribution is 2.30. The molecule has 2 rings (SSSR count). The summed E-state index contributed by atoms with van der Waals surface area (Å²) in [7, 11) is 0. The Morgan fingerprint density at radius 3 is 1.53 bits per heavy atom. The molecule has 0 aromatic heterocycles. The topological polar surface area (TPSA) is 228 Å². The third-order valence-corrected chi connectivity index (χ3v) is 12.3. The summed E-state index contributed by atoms with van der Waals surface area (Å²) in [6.45, 7) is 2.74. The van der Waals surface area contributed by atoms with Crippen molar-refractivity contribution in [3.05, 3.63) is 36.5 Å². The van der Waals surface area contributed by atoms with Gasteiger partial charge in [0.25, 0.3) is 0 Å². The van der Waals surface area contributed by atoms with Crippen molar-refractivity contribution >= 4 is 5.91 Å². The van der Waals surface area contributed by atoms with Crippen LogP contribution in [0, 0.1) is 0 Å². The molecule has 374 valence electrons. The number of nitrogens with one attached hydrogen (secondary N) is 1. The van der Waals surface area contributed by atoms with Crippen LogP contribution in [0.3, 0.4) is 0 Å². The fourth-order valence-electron chi connectivity index (χ4n) is 8.12. The second-order valence-corrected chi connectivity index (χ2v) is 17.9. The maximum absolute atomic E-state index is 13.1. The Balaban J connectivity index is 1.88. The monoisotopic (exact) mass is 914 g/mol. The fraction of sp³-hybridized carbons (Fsp3) is 0.860. The van der Waals surface area contributed by atoms with Crippen molar-refractivity contribution in [2.75, 3.05) is 19.8 Å². The van der Waals surface area contributed by atoms with Gasteiger partial charge in [0.05, 0.1) is 32.0 Å². The molecule has 9 N–H and O–H groups in total. The Labute approximate surface area is 385 Å². The SMILES string of the molecule is CCCCCCC/C=C\CCCCCCCC(=O)NC(COC1OC(CO)C(OC2OC(CO)C(O)C(O)C2O)C(O)C1O)C(O)/C=C/CC/C=C/CCCCCCCCCCCC. The minimum atomic E-state index is -1.79. The quantitative estimate of drug-likeness (QED) is 0.0244. The number of carbonyl (C=O) groups is 1. The third kappa shape index (κ3) is 24.3. The molecule has 0 aromatic rings. The molecule has 1 amide bonds. The van der Waals surface area contributed by atoms with Gasteiger partial charge in [-0.1, -0.05) is 153 Å². The number of ether oxygens (including phenoxy) is 4. The molecule has 0 bridgehead atoms. The Hall–Kier alpha value is -1.79. The van der Waals surface area contributed by atoms with E-state index >= 15 is 0 Å². The zero-order valence-corrected chi connectivity index (χ0v) is 39.5. The molecule has 2 aliphatic heterocycles. The van der Waals surface area contributed by atoms with Crippen LogP contribution in [-0.4, -0.2) is 140 Å². The molecule has 0 radical (unpaired) electrons. The summed E-state index contributed by atoms with van der Waals surface area (Å²) in [5, 5.41) is 86.6. The Morgan fingerprint density at radius 1 is 0.547 bits per heavy atom. The first-order chi connectivity index (χ1) is 31.1. The summed E-state index contributed by atoms with van der Waals surface area (Å²) < 4.78 is 22.7. The van der Waals surface area contributed by atoms with E-state index in [1.54, 1.807) is 6.08 Å². The average Bonchev–Trinajstić information content (AvgIpc) is 3.29. The molecule has 12 unspecified atom stereocenters. The van der Waals surface area contributed by atoms with Crippen molar-refractivity contribution in [3.63, 3.8) is 0 Å². The van der Waals surface area contributed by atoms with Crippen LogP contribution >= 0.6 is 0 Å². The zero-order chi connectivity index (χ0) is 46.8. The average molecular weight is 914 g/mol. The molecule has 14 heteroatoms. The number of aliphatic hydroxyl groups is 8. The predicted octanol–water partition coefficient (Wildman–Crippen LogP) is 6.32. The van der Waals surface area contributed by atoms with Crippen molar-refractivity contribution in [2.45, 2.75) is 254 Å². The second-order valence-electron chi connectivity index (χ2n) is 17.9. The number of unbranched alkanes of at least 4 members (excludes halogenated alkanes) is 21. The molecular weight excluding hydrogens is 823 g/mol. The van der Waals surface area contributed by atoms with Crippen molar-refractivity contribution in [2.24, 2.45) is 0 Å². The van der Waals surface area contributed by atoms with Gasteiger partial charge < -0.3 is 65.1 Å². The first kappa shape index (κ1) is 58.3. The van der Waals surface area contributed by atoms with Crippen LogP contribution in [0.15, 0.2) is 36.5 Å². The Morgan fingerprint density at radius 2 is 1.00 bits per heavy atom. The normalized spacial score (nSPS) is 27.5. The fourth-order valence-corrected chi connectivity index (χ4v) is 8.12. The molecule has 2 fully saturated rings. The van der Waals surface area contributed by atoms with Crippen LogP contribution in [0.1, 0.15) is 181 Å². The summed E-state index contributed by atoms with van der Waals surface area (Å²) in [6.07, 6.45) is 24.7. The van der Waals surface area contributed by atoms with Crippen LogP contribution in [0.4, 0.5) is 0 Å². The number of amides is 1. The first-order valence-corrected chi connectivity index (χ1v) is 25.2. The predicted molar refractivity (Wildman–Crippen MR) is 249 cm³/mol. The van der Waals surface area contributed by atoms with Crippen molar-refractivity contribution in [1.82, 2.24) is 5.32 Å². The lowest BCUT2D eigenvalue weighted by Crippen LogP contribution is -2.65. The third-order valence-electron chi connectivity index (χ3n) is 12.3.